The van der Waals surface area contributed by atoms with Crippen molar-refractivity contribution in [3.8, 4) is 0 Å². The Morgan fingerprint density at radius 1 is 1.16 bits per heavy atom. The lowest BCUT2D eigenvalue weighted by Gasteiger charge is -2.16. The summed E-state index contributed by atoms with van der Waals surface area (Å²) in [5.74, 6) is 0.244. The number of carbonyl (C=O) groups is 1. The van der Waals surface area contributed by atoms with E-state index < -0.39 is 10.3 Å². The van der Waals surface area contributed by atoms with Crippen molar-refractivity contribution >= 4 is 56.0 Å². The molecule has 3 N–H and O–H groups in total. The van der Waals surface area contributed by atoms with Crippen molar-refractivity contribution < 1.29 is 17.4 Å². The molecule has 0 bridgehead atoms. The fraction of sp³-hybridized carbons (Fsp3) is 0.269. The topological polar surface area (TPSA) is 129 Å². The van der Waals surface area contributed by atoms with Gasteiger partial charge in [-0.15, -0.1) is 0 Å². The second-order valence-electron chi connectivity index (χ2n) is 9.34. The standard InChI is InChI=1S/C26H25Cl2N5O4S/c27-18-6-8-23(28)17(10-18)12-33-13-22(20-3-1-2-4-24(20)33)25(34)21-11-30-15-31-26(21)32-19-7-5-16(9-19)14-37-38(29,35)36/h1-4,6,8,10-11,13,15-16,19H,5,7,9,12,14H2,(H2,29,35,36)(H,30,31,32)/t16-,19+/m1/s1. The van der Waals surface area contributed by atoms with E-state index in [2.05, 4.69) is 15.3 Å². The summed E-state index contributed by atoms with van der Waals surface area (Å²) >= 11 is 12.6. The van der Waals surface area contributed by atoms with Gasteiger partial charge in [0.25, 0.3) is 0 Å². The number of halogens is 2. The van der Waals surface area contributed by atoms with Crippen LogP contribution in [0.15, 0.2) is 61.2 Å². The second kappa shape index (κ2) is 11.0. The Morgan fingerprint density at radius 2 is 1.97 bits per heavy atom. The van der Waals surface area contributed by atoms with Crippen molar-refractivity contribution in [3.63, 3.8) is 0 Å². The highest BCUT2D eigenvalue weighted by atomic mass is 35.5. The number of nitrogens with zero attached hydrogens (tertiary/aromatic N) is 3. The van der Waals surface area contributed by atoms with Crippen molar-refractivity contribution in [2.24, 2.45) is 11.1 Å². The molecule has 0 spiro atoms. The number of anilines is 1. The smallest absolute Gasteiger partial charge is 0.333 e. The summed E-state index contributed by atoms with van der Waals surface area (Å²) in [6, 6.07) is 13.0. The number of rotatable bonds is 9. The first-order chi connectivity index (χ1) is 18.2. The maximum atomic E-state index is 13.8. The first-order valence-corrected chi connectivity index (χ1v) is 14.2. The molecule has 198 valence electrons. The molecule has 0 amide bonds. The summed E-state index contributed by atoms with van der Waals surface area (Å²) in [7, 11) is -3.98. The first kappa shape index (κ1) is 26.6. The van der Waals surface area contributed by atoms with Gasteiger partial charge in [-0.3, -0.25) is 8.98 Å². The Morgan fingerprint density at radius 3 is 2.79 bits per heavy atom. The van der Waals surface area contributed by atoms with E-state index in [0.717, 1.165) is 29.3 Å². The molecule has 38 heavy (non-hydrogen) atoms. The number of nitrogens with two attached hydrogens (primary N) is 1. The summed E-state index contributed by atoms with van der Waals surface area (Å²) in [6.07, 6.45) is 6.91. The molecule has 0 radical (unpaired) electrons. The highest BCUT2D eigenvalue weighted by Crippen LogP contribution is 2.31. The Labute approximate surface area is 230 Å². The normalized spacial score (nSPS) is 17.7. The molecule has 1 aliphatic carbocycles. The van der Waals surface area contributed by atoms with Crippen LogP contribution in [0.25, 0.3) is 10.9 Å². The quantitative estimate of drug-likeness (QED) is 0.274. The number of para-hydroxylation sites is 1. The molecule has 2 atom stereocenters. The van der Waals surface area contributed by atoms with Crippen molar-refractivity contribution in [2.75, 3.05) is 11.9 Å². The van der Waals surface area contributed by atoms with Gasteiger partial charge in [-0.2, -0.15) is 8.42 Å². The van der Waals surface area contributed by atoms with Gasteiger partial charge < -0.3 is 9.88 Å². The van der Waals surface area contributed by atoms with E-state index in [-0.39, 0.29) is 24.3 Å². The number of hydrogen-bond donors (Lipinski definition) is 2. The molecule has 0 aliphatic heterocycles. The third kappa shape index (κ3) is 6.00. The van der Waals surface area contributed by atoms with E-state index in [4.69, 9.17) is 32.5 Å². The summed E-state index contributed by atoms with van der Waals surface area (Å²) in [5, 5.41) is 10.3. The molecule has 5 rings (SSSR count). The Kier molecular flexibility index (Phi) is 7.69. The molecule has 4 aromatic rings. The number of nitrogens with one attached hydrogen (secondary N) is 1. The lowest BCUT2D eigenvalue weighted by molar-refractivity contribution is 0.104. The zero-order valence-electron chi connectivity index (χ0n) is 20.2. The van der Waals surface area contributed by atoms with E-state index in [1.165, 1.54) is 12.5 Å². The van der Waals surface area contributed by atoms with Gasteiger partial charge in [0, 0.05) is 51.5 Å². The summed E-state index contributed by atoms with van der Waals surface area (Å²) in [4.78, 5) is 22.3. The van der Waals surface area contributed by atoms with E-state index >= 15 is 0 Å². The van der Waals surface area contributed by atoms with Gasteiger partial charge in [-0.25, -0.2) is 15.1 Å². The molecule has 0 unspecified atom stereocenters. The molecule has 2 aromatic carbocycles. The van der Waals surface area contributed by atoms with Crippen molar-refractivity contribution in [2.45, 2.75) is 31.8 Å². The predicted molar refractivity (Wildman–Crippen MR) is 147 cm³/mol. The summed E-state index contributed by atoms with van der Waals surface area (Å²) in [6.45, 7) is 0.469. The van der Waals surface area contributed by atoms with Gasteiger partial charge in [0.2, 0.25) is 0 Å². The molecule has 12 heteroatoms. The maximum absolute atomic E-state index is 13.8. The molecule has 0 saturated heterocycles. The zero-order valence-corrected chi connectivity index (χ0v) is 22.5. The molecule has 2 aromatic heterocycles. The highest BCUT2D eigenvalue weighted by Gasteiger charge is 2.28. The maximum Gasteiger partial charge on any atom is 0.333 e. The zero-order chi connectivity index (χ0) is 26.9. The van der Waals surface area contributed by atoms with Gasteiger partial charge in [-0.1, -0.05) is 41.4 Å². The van der Waals surface area contributed by atoms with Gasteiger partial charge in [0.1, 0.15) is 12.1 Å². The minimum absolute atomic E-state index is 0.00292. The van der Waals surface area contributed by atoms with Crippen LogP contribution in [0.5, 0.6) is 0 Å². The van der Waals surface area contributed by atoms with Crippen LogP contribution >= 0.6 is 23.2 Å². The lowest BCUT2D eigenvalue weighted by atomic mass is 10.0. The Hall–Kier alpha value is -3.02. The molecule has 9 nitrogen and oxygen atoms in total. The number of hydrogen-bond acceptors (Lipinski definition) is 7. The van der Waals surface area contributed by atoms with Crippen molar-refractivity contribution in [3.05, 3.63) is 87.9 Å². The Bertz CT molecular complexity index is 1610. The van der Waals surface area contributed by atoms with Crippen LogP contribution in [0, 0.1) is 5.92 Å². The minimum Gasteiger partial charge on any atom is -0.367 e. The predicted octanol–water partition coefficient (Wildman–Crippen LogP) is 4.82. The van der Waals surface area contributed by atoms with E-state index in [1.807, 2.05) is 41.1 Å². The third-order valence-corrected chi connectivity index (χ3v) is 7.76. The third-order valence-electron chi connectivity index (χ3n) is 6.69. The molecular weight excluding hydrogens is 549 g/mol. The first-order valence-electron chi connectivity index (χ1n) is 12.0. The number of fused-ring (bicyclic) bond motifs is 1. The van der Waals surface area contributed by atoms with Crippen LogP contribution in [0.2, 0.25) is 10.0 Å². The number of aromatic nitrogens is 3. The van der Waals surface area contributed by atoms with Crippen LogP contribution in [-0.4, -0.2) is 41.4 Å². The number of carbonyl (C=O) groups excluding carboxylic acids is 1. The number of benzene rings is 2. The molecule has 1 aliphatic rings. The molecule has 1 saturated carbocycles. The van der Waals surface area contributed by atoms with Crippen LogP contribution < -0.4 is 10.5 Å². The van der Waals surface area contributed by atoms with Gasteiger partial charge in [0.05, 0.1) is 12.2 Å². The van der Waals surface area contributed by atoms with Gasteiger partial charge >= 0.3 is 10.3 Å². The van der Waals surface area contributed by atoms with Crippen LogP contribution in [-0.2, 0) is 21.0 Å². The fourth-order valence-electron chi connectivity index (χ4n) is 4.90. The van der Waals surface area contributed by atoms with E-state index in [0.29, 0.717) is 40.0 Å². The largest absolute Gasteiger partial charge is 0.367 e. The van der Waals surface area contributed by atoms with Gasteiger partial charge in [-0.05, 0) is 55.0 Å². The van der Waals surface area contributed by atoms with Crippen LogP contribution in [0.4, 0.5) is 5.82 Å². The van der Waals surface area contributed by atoms with Crippen LogP contribution in [0.3, 0.4) is 0 Å². The molecule has 1 fully saturated rings. The minimum atomic E-state index is -3.98. The summed E-state index contributed by atoms with van der Waals surface area (Å²) in [5.41, 5.74) is 2.58. The second-order valence-corrected chi connectivity index (χ2v) is 11.4. The average Bonchev–Trinajstić information content (AvgIpc) is 3.49. The monoisotopic (exact) mass is 573 g/mol. The molecular formula is C26H25Cl2N5O4S. The Balaban J connectivity index is 1.40. The number of ketones is 1. The van der Waals surface area contributed by atoms with Crippen molar-refractivity contribution in [1.82, 2.24) is 14.5 Å². The SMILES string of the molecule is NS(=O)(=O)OC[C@@H]1CC[C@H](Nc2ncncc2C(=O)c2cn(Cc3cc(Cl)ccc3Cl)c3ccccc23)C1. The highest BCUT2D eigenvalue weighted by molar-refractivity contribution is 7.84. The summed E-state index contributed by atoms with van der Waals surface area (Å²) < 4.78 is 29.0. The lowest BCUT2D eigenvalue weighted by Crippen LogP contribution is -2.22. The average molecular weight is 574 g/mol. The van der Waals surface area contributed by atoms with Crippen LogP contribution in [0.1, 0.15) is 40.7 Å². The molecule has 2 heterocycles. The van der Waals surface area contributed by atoms with Crippen molar-refractivity contribution in [1.29, 1.82) is 0 Å². The van der Waals surface area contributed by atoms with E-state index in [9.17, 15) is 13.2 Å². The van der Waals surface area contributed by atoms with E-state index in [1.54, 1.807) is 12.1 Å². The fourth-order valence-corrected chi connectivity index (χ4v) is 5.66. The van der Waals surface area contributed by atoms with Gasteiger partial charge in [0.15, 0.2) is 5.78 Å².